The fraction of sp³-hybridized carbons (Fsp3) is 0.423. The van der Waals surface area contributed by atoms with Gasteiger partial charge in [-0.15, -0.1) is 0 Å². The maximum absolute atomic E-state index is 13.5. The third-order valence-electron chi connectivity index (χ3n) is 6.23. The van der Waals surface area contributed by atoms with Gasteiger partial charge in [-0.05, 0) is 50.5 Å². The smallest absolute Gasteiger partial charge is 0.259 e. The van der Waals surface area contributed by atoms with Gasteiger partial charge >= 0.3 is 0 Å². The minimum absolute atomic E-state index is 0.114. The van der Waals surface area contributed by atoms with E-state index in [4.69, 9.17) is 4.98 Å². The number of benzene rings is 1. The molecule has 0 atom stereocenters. The molecule has 162 valence electrons. The van der Waals surface area contributed by atoms with E-state index in [0.29, 0.717) is 0 Å². The van der Waals surface area contributed by atoms with Crippen molar-refractivity contribution in [1.82, 2.24) is 9.97 Å². The Kier molecular flexibility index (Phi) is 5.69. The summed E-state index contributed by atoms with van der Waals surface area (Å²) in [6.45, 7) is 8.50. The highest BCUT2D eigenvalue weighted by atomic mass is 16.2. The van der Waals surface area contributed by atoms with E-state index >= 15 is 0 Å². The van der Waals surface area contributed by atoms with Gasteiger partial charge < -0.3 is 9.80 Å². The number of nitrogens with zero attached hydrogens (tertiary/aromatic N) is 4. The number of hydrogen-bond acceptors (Lipinski definition) is 4. The maximum Gasteiger partial charge on any atom is 0.259 e. The monoisotopic (exact) mass is 416 g/mol. The summed E-state index contributed by atoms with van der Waals surface area (Å²) in [6.07, 6.45) is 6.08. The van der Waals surface area contributed by atoms with Crippen molar-refractivity contribution >= 4 is 28.3 Å². The van der Waals surface area contributed by atoms with Gasteiger partial charge in [0.05, 0.1) is 16.8 Å². The zero-order valence-electron chi connectivity index (χ0n) is 19.5. The van der Waals surface area contributed by atoms with Crippen LogP contribution in [0.5, 0.6) is 0 Å². The number of hydrogen-bond donors (Lipinski definition) is 0. The van der Waals surface area contributed by atoms with Crippen LogP contribution in [0.2, 0.25) is 0 Å². The Labute approximate surface area is 185 Å². The number of anilines is 2. The molecule has 1 aliphatic rings. The van der Waals surface area contributed by atoms with Crippen LogP contribution in [0, 0.1) is 13.8 Å². The highest BCUT2D eigenvalue weighted by Gasteiger charge is 2.35. The molecule has 1 aromatic carbocycles. The molecule has 1 amide bonds. The Balaban J connectivity index is 1.93. The van der Waals surface area contributed by atoms with Gasteiger partial charge in [0.15, 0.2) is 0 Å². The molecule has 3 heterocycles. The number of aromatic nitrogens is 2. The van der Waals surface area contributed by atoms with Crippen LogP contribution >= 0.6 is 0 Å². The molecule has 5 heteroatoms. The standard InChI is InChI=1S/C26H32N4O/c1-7-9-18(10-8-2)30-22-14-17(4)28-25-19(11-12-20(24(22)25)26(30)31)21-15-27-23(29(5)6)13-16(21)3/h11-15,18H,7-10H2,1-6H3. The molecule has 4 rings (SSSR count). The summed E-state index contributed by atoms with van der Waals surface area (Å²) in [5.74, 6) is 1.04. The zero-order chi connectivity index (χ0) is 22.3. The molecule has 1 aliphatic heterocycles. The Morgan fingerprint density at radius 3 is 2.29 bits per heavy atom. The van der Waals surface area contributed by atoms with Gasteiger partial charge in [-0.25, -0.2) is 4.98 Å². The topological polar surface area (TPSA) is 49.3 Å². The second-order valence-electron chi connectivity index (χ2n) is 8.83. The molecule has 0 unspecified atom stereocenters. The summed E-state index contributed by atoms with van der Waals surface area (Å²) in [4.78, 5) is 27.1. The molecule has 5 nitrogen and oxygen atoms in total. The first-order valence-corrected chi connectivity index (χ1v) is 11.3. The maximum atomic E-state index is 13.5. The predicted octanol–water partition coefficient (Wildman–Crippen LogP) is 5.91. The summed E-state index contributed by atoms with van der Waals surface area (Å²) < 4.78 is 0. The predicted molar refractivity (Wildman–Crippen MR) is 129 cm³/mol. The molecule has 0 saturated heterocycles. The van der Waals surface area contributed by atoms with Crippen LogP contribution in [0.3, 0.4) is 0 Å². The molecule has 0 spiro atoms. The first-order chi connectivity index (χ1) is 14.9. The number of rotatable bonds is 7. The SMILES string of the molecule is CCCC(CCC)N1C(=O)c2ccc(-c3cnc(N(C)C)cc3C)c3nc(C)cc1c23. The molecule has 0 aliphatic carbocycles. The molecule has 0 fully saturated rings. The fourth-order valence-electron chi connectivity index (χ4n) is 4.77. The Morgan fingerprint density at radius 2 is 1.68 bits per heavy atom. The van der Waals surface area contributed by atoms with E-state index in [-0.39, 0.29) is 11.9 Å². The average molecular weight is 417 g/mol. The lowest BCUT2D eigenvalue weighted by molar-refractivity contribution is 0.0980. The normalized spacial score (nSPS) is 13.0. The van der Waals surface area contributed by atoms with Gasteiger partial charge in [-0.2, -0.15) is 0 Å². The number of carbonyl (C=O) groups is 1. The van der Waals surface area contributed by atoms with Gasteiger partial charge in [0.1, 0.15) is 5.82 Å². The van der Waals surface area contributed by atoms with Crippen molar-refractivity contribution in [3.8, 4) is 11.1 Å². The minimum atomic E-state index is 0.114. The van der Waals surface area contributed by atoms with Gasteiger partial charge in [-0.1, -0.05) is 32.8 Å². The van der Waals surface area contributed by atoms with Crippen molar-refractivity contribution in [1.29, 1.82) is 0 Å². The number of amides is 1. The highest BCUT2D eigenvalue weighted by Crippen LogP contribution is 2.43. The molecular weight excluding hydrogens is 384 g/mol. The zero-order valence-corrected chi connectivity index (χ0v) is 19.5. The van der Waals surface area contributed by atoms with Gasteiger partial charge in [0, 0.05) is 48.5 Å². The van der Waals surface area contributed by atoms with Crippen LogP contribution in [0.25, 0.3) is 22.0 Å². The first-order valence-electron chi connectivity index (χ1n) is 11.3. The Bertz CT molecular complexity index is 1150. The van der Waals surface area contributed by atoms with Crippen molar-refractivity contribution in [3.05, 3.63) is 47.3 Å². The van der Waals surface area contributed by atoms with Gasteiger partial charge in [0.2, 0.25) is 0 Å². The van der Waals surface area contributed by atoms with E-state index in [1.54, 1.807) is 0 Å². The van der Waals surface area contributed by atoms with E-state index < -0.39 is 0 Å². The lowest BCUT2D eigenvalue weighted by atomic mass is 9.97. The minimum Gasteiger partial charge on any atom is -0.363 e. The molecule has 2 aromatic heterocycles. The number of pyridine rings is 2. The molecule has 31 heavy (non-hydrogen) atoms. The van der Waals surface area contributed by atoms with E-state index in [9.17, 15) is 4.79 Å². The Hall–Kier alpha value is -2.95. The third kappa shape index (κ3) is 3.56. The summed E-state index contributed by atoms with van der Waals surface area (Å²) in [6, 6.07) is 8.43. The summed E-state index contributed by atoms with van der Waals surface area (Å²) in [5, 5.41) is 0.987. The van der Waals surface area contributed by atoms with Crippen molar-refractivity contribution in [2.24, 2.45) is 0 Å². The molecule has 0 N–H and O–H groups in total. The second-order valence-corrected chi connectivity index (χ2v) is 8.83. The number of carbonyl (C=O) groups excluding carboxylic acids is 1. The quantitative estimate of drug-likeness (QED) is 0.480. The van der Waals surface area contributed by atoms with Crippen molar-refractivity contribution in [2.45, 2.75) is 59.4 Å². The highest BCUT2D eigenvalue weighted by molar-refractivity contribution is 6.26. The summed E-state index contributed by atoms with van der Waals surface area (Å²) in [5.41, 5.74) is 6.87. The fourth-order valence-corrected chi connectivity index (χ4v) is 4.77. The Morgan fingerprint density at radius 1 is 1.00 bits per heavy atom. The third-order valence-corrected chi connectivity index (χ3v) is 6.23. The number of aryl methyl sites for hydroxylation is 2. The van der Waals surface area contributed by atoms with Gasteiger partial charge in [0.25, 0.3) is 5.91 Å². The second kappa shape index (κ2) is 8.29. The molecule has 0 saturated carbocycles. The van der Waals surface area contributed by atoms with Crippen molar-refractivity contribution in [2.75, 3.05) is 23.9 Å². The summed E-state index contributed by atoms with van der Waals surface area (Å²) in [7, 11) is 3.99. The summed E-state index contributed by atoms with van der Waals surface area (Å²) >= 11 is 0. The molecule has 0 bridgehead atoms. The lowest BCUT2D eigenvalue weighted by Gasteiger charge is -2.28. The van der Waals surface area contributed by atoms with Crippen LogP contribution in [0.15, 0.2) is 30.5 Å². The van der Waals surface area contributed by atoms with Crippen LogP contribution in [0.4, 0.5) is 11.5 Å². The van der Waals surface area contributed by atoms with Crippen LogP contribution in [-0.2, 0) is 0 Å². The molecular formula is C26H32N4O. The van der Waals surface area contributed by atoms with Crippen molar-refractivity contribution < 1.29 is 4.79 Å². The largest absolute Gasteiger partial charge is 0.363 e. The van der Waals surface area contributed by atoms with Gasteiger partial charge in [-0.3, -0.25) is 9.78 Å². The van der Waals surface area contributed by atoms with E-state index in [1.165, 1.54) is 0 Å². The van der Waals surface area contributed by atoms with E-state index in [1.807, 2.05) is 49.1 Å². The van der Waals surface area contributed by atoms with Crippen LogP contribution in [0.1, 0.15) is 61.1 Å². The van der Waals surface area contributed by atoms with Crippen molar-refractivity contribution in [3.63, 3.8) is 0 Å². The molecule has 3 aromatic rings. The van der Waals surface area contributed by atoms with E-state index in [2.05, 4.69) is 37.9 Å². The van der Waals surface area contributed by atoms with Crippen LogP contribution in [-0.4, -0.2) is 36.0 Å². The lowest BCUT2D eigenvalue weighted by Crippen LogP contribution is -2.37. The van der Waals surface area contributed by atoms with E-state index in [0.717, 1.165) is 76.0 Å². The van der Waals surface area contributed by atoms with Crippen LogP contribution < -0.4 is 9.80 Å². The molecule has 0 radical (unpaired) electrons. The average Bonchev–Trinajstić information content (AvgIpc) is 3.00. The first kappa shape index (κ1) is 21.3.